The second-order valence-electron chi connectivity index (χ2n) is 6.55. The molecule has 1 saturated heterocycles. The molecule has 3 aromatic rings. The van der Waals surface area contributed by atoms with E-state index in [0.29, 0.717) is 18.5 Å². The highest BCUT2D eigenvalue weighted by molar-refractivity contribution is 6.02. The fourth-order valence-electron chi connectivity index (χ4n) is 2.93. The molecular formula is C19H18ClF3N6O2. The number of aromatic nitrogens is 4. The summed E-state index contributed by atoms with van der Waals surface area (Å²) in [6.07, 6.45) is -1.56. The van der Waals surface area contributed by atoms with Crippen molar-refractivity contribution in [1.29, 1.82) is 0 Å². The second kappa shape index (κ2) is 9.41. The molecule has 12 heteroatoms. The lowest BCUT2D eigenvalue weighted by Gasteiger charge is -2.24. The molecule has 1 aliphatic rings. The Bertz CT molecular complexity index is 1040. The lowest BCUT2D eigenvalue weighted by molar-refractivity contribution is -0.141. The molecule has 1 fully saturated rings. The molecule has 4 rings (SSSR count). The zero-order chi connectivity index (χ0) is 21.1. The maximum absolute atomic E-state index is 12.8. The molecule has 0 saturated carbocycles. The number of carbonyl (C=O) groups excluding carboxylic acids is 1. The summed E-state index contributed by atoms with van der Waals surface area (Å²) in [5.74, 6) is -0.647. The SMILES string of the molecule is Cl.O=C(Nc1ccc(C2CNCCO2)cc1)c1ccn(-c2cncc(C(F)(F)F)n2)n1. The first-order valence-corrected chi connectivity index (χ1v) is 9.09. The number of morpholine rings is 1. The van der Waals surface area contributed by atoms with Gasteiger partial charge in [-0.1, -0.05) is 12.1 Å². The fraction of sp³-hybridized carbons (Fsp3) is 0.263. The average molecular weight is 455 g/mol. The predicted molar refractivity (Wildman–Crippen MR) is 107 cm³/mol. The maximum Gasteiger partial charge on any atom is 0.434 e. The zero-order valence-electron chi connectivity index (χ0n) is 16.0. The Labute approximate surface area is 181 Å². The normalized spacial score (nSPS) is 16.4. The minimum absolute atomic E-state index is 0. The molecule has 2 N–H and O–H groups in total. The van der Waals surface area contributed by atoms with Crippen LogP contribution >= 0.6 is 12.4 Å². The fourth-order valence-corrected chi connectivity index (χ4v) is 2.93. The third kappa shape index (κ3) is 5.37. The molecule has 0 aliphatic carbocycles. The first-order valence-electron chi connectivity index (χ1n) is 9.09. The van der Waals surface area contributed by atoms with Crippen LogP contribution in [-0.4, -0.2) is 45.4 Å². The molecule has 0 radical (unpaired) electrons. The summed E-state index contributed by atoms with van der Waals surface area (Å²) in [6, 6.07) is 8.61. The van der Waals surface area contributed by atoms with E-state index in [2.05, 4.69) is 25.7 Å². The summed E-state index contributed by atoms with van der Waals surface area (Å²) in [6.45, 7) is 2.19. The number of halogens is 4. The molecule has 1 unspecified atom stereocenters. The number of amides is 1. The molecule has 3 heterocycles. The van der Waals surface area contributed by atoms with Crippen molar-refractivity contribution in [3.8, 4) is 5.82 Å². The third-order valence-corrected chi connectivity index (χ3v) is 4.44. The van der Waals surface area contributed by atoms with Gasteiger partial charge in [-0.05, 0) is 23.8 Å². The van der Waals surface area contributed by atoms with Crippen molar-refractivity contribution in [2.45, 2.75) is 12.3 Å². The van der Waals surface area contributed by atoms with Crippen LogP contribution in [0.5, 0.6) is 0 Å². The molecule has 31 heavy (non-hydrogen) atoms. The molecule has 8 nitrogen and oxygen atoms in total. The highest BCUT2D eigenvalue weighted by atomic mass is 35.5. The second-order valence-corrected chi connectivity index (χ2v) is 6.55. The van der Waals surface area contributed by atoms with Gasteiger partial charge in [0.2, 0.25) is 0 Å². The van der Waals surface area contributed by atoms with E-state index in [1.807, 2.05) is 12.1 Å². The van der Waals surface area contributed by atoms with Gasteiger partial charge >= 0.3 is 6.18 Å². The summed E-state index contributed by atoms with van der Waals surface area (Å²) in [5, 5.41) is 9.95. The van der Waals surface area contributed by atoms with Crippen LogP contribution < -0.4 is 10.6 Å². The van der Waals surface area contributed by atoms with Crippen LogP contribution in [-0.2, 0) is 10.9 Å². The van der Waals surface area contributed by atoms with Crippen molar-refractivity contribution < 1.29 is 22.7 Å². The van der Waals surface area contributed by atoms with Gasteiger partial charge in [-0.25, -0.2) is 9.67 Å². The minimum atomic E-state index is -4.62. The molecule has 1 amide bonds. The number of nitrogens with zero attached hydrogens (tertiary/aromatic N) is 4. The van der Waals surface area contributed by atoms with Crippen LogP contribution in [0, 0.1) is 0 Å². The van der Waals surface area contributed by atoms with E-state index in [9.17, 15) is 18.0 Å². The summed E-state index contributed by atoms with van der Waals surface area (Å²) < 4.78 is 45.1. The van der Waals surface area contributed by atoms with Gasteiger partial charge in [-0.15, -0.1) is 12.4 Å². The summed E-state index contributed by atoms with van der Waals surface area (Å²) in [7, 11) is 0. The van der Waals surface area contributed by atoms with E-state index in [1.165, 1.54) is 12.3 Å². The van der Waals surface area contributed by atoms with Gasteiger partial charge in [-0.3, -0.25) is 9.78 Å². The summed E-state index contributed by atoms with van der Waals surface area (Å²) >= 11 is 0. The standard InChI is InChI=1S/C19H17F3N6O2.ClH/c20-19(21,22)16-10-24-11-17(26-16)28-7-5-14(27-28)18(29)25-13-3-1-12(2-4-13)15-9-23-6-8-30-15;/h1-5,7,10-11,15,23H,6,8-9H2,(H,25,29);1H. The number of anilines is 1. The number of hydrogen-bond donors (Lipinski definition) is 2. The van der Waals surface area contributed by atoms with E-state index in [-0.39, 0.29) is 30.0 Å². The summed E-state index contributed by atoms with van der Waals surface area (Å²) in [5.41, 5.74) is 0.436. The maximum atomic E-state index is 12.8. The number of rotatable bonds is 4. The van der Waals surface area contributed by atoms with Crippen molar-refractivity contribution in [3.05, 3.63) is 65.9 Å². The van der Waals surface area contributed by atoms with Crippen molar-refractivity contribution in [3.63, 3.8) is 0 Å². The highest BCUT2D eigenvalue weighted by Crippen LogP contribution is 2.27. The molecule has 0 bridgehead atoms. The van der Waals surface area contributed by atoms with E-state index < -0.39 is 17.8 Å². The number of ether oxygens (including phenoxy) is 1. The first kappa shape index (κ1) is 22.7. The van der Waals surface area contributed by atoms with E-state index in [1.54, 1.807) is 12.1 Å². The average Bonchev–Trinajstić information content (AvgIpc) is 3.25. The van der Waals surface area contributed by atoms with Crippen LogP contribution in [0.4, 0.5) is 18.9 Å². The monoisotopic (exact) mass is 454 g/mol. The predicted octanol–water partition coefficient (Wildman–Crippen LogP) is 3.02. The molecule has 2 aromatic heterocycles. The lowest BCUT2D eigenvalue weighted by Crippen LogP contribution is -2.33. The Morgan fingerprint density at radius 1 is 1.19 bits per heavy atom. The van der Waals surface area contributed by atoms with E-state index >= 15 is 0 Å². The lowest BCUT2D eigenvalue weighted by atomic mass is 10.1. The van der Waals surface area contributed by atoms with Gasteiger partial charge < -0.3 is 15.4 Å². The van der Waals surface area contributed by atoms with Crippen LogP contribution in [0.15, 0.2) is 48.9 Å². The van der Waals surface area contributed by atoms with Crippen molar-refractivity contribution in [2.24, 2.45) is 0 Å². The molecule has 1 aromatic carbocycles. The Kier molecular flexibility index (Phi) is 6.88. The number of alkyl halides is 3. The van der Waals surface area contributed by atoms with Crippen molar-refractivity contribution in [1.82, 2.24) is 25.1 Å². The number of hydrogen-bond acceptors (Lipinski definition) is 6. The molecule has 0 spiro atoms. The van der Waals surface area contributed by atoms with Gasteiger partial charge in [0.05, 0.1) is 25.1 Å². The summed E-state index contributed by atoms with van der Waals surface area (Å²) in [4.78, 5) is 19.5. The van der Waals surface area contributed by atoms with Gasteiger partial charge in [0.1, 0.15) is 0 Å². The minimum Gasteiger partial charge on any atom is -0.371 e. The Morgan fingerprint density at radius 3 is 2.65 bits per heavy atom. The van der Waals surface area contributed by atoms with E-state index in [4.69, 9.17) is 4.74 Å². The van der Waals surface area contributed by atoms with Crippen LogP contribution in [0.3, 0.4) is 0 Å². The largest absolute Gasteiger partial charge is 0.434 e. The van der Waals surface area contributed by atoms with Gasteiger partial charge in [0.25, 0.3) is 5.91 Å². The molecular weight excluding hydrogens is 437 g/mol. The quantitative estimate of drug-likeness (QED) is 0.629. The Morgan fingerprint density at radius 2 is 1.97 bits per heavy atom. The zero-order valence-corrected chi connectivity index (χ0v) is 16.8. The number of benzene rings is 1. The third-order valence-electron chi connectivity index (χ3n) is 4.44. The Hall–Kier alpha value is -3.02. The molecule has 1 atom stereocenters. The molecule has 164 valence electrons. The van der Waals surface area contributed by atoms with Crippen LogP contribution in [0.25, 0.3) is 5.82 Å². The van der Waals surface area contributed by atoms with Gasteiger partial charge in [0.15, 0.2) is 17.2 Å². The number of nitrogens with one attached hydrogen (secondary N) is 2. The molecule has 1 aliphatic heterocycles. The Balaban J connectivity index is 0.00000272. The smallest absolute Gasteiger partial charge is 0.371 e. The number of carbonyl (C=O) groups is 1. The topological polar surface area (TPSA) is 94.0 Å². The van der Waals surface area contributed by atoms with Crippen LogP contribution in [0.2, 0.25) is 0 Å². The van der Waals surface area contributed by atoms with Crippen LogP contribution in [0.1, 0.15) is 27.8 Å². The first-order chi connectivity index (χ1) is 14.4. The highest BCUT2D eigenvalue weighted by Gasteiger charge is 2.33. The van der Waals surface area contributed by atoms with Crippen molar-refractivity contribution >= 4 is 24.0 Å². The van der Waals surface area contributed by atoms with Gasteiger partial charge in [0, 0.05) is 25.0 Å². The van der Waals surface area contributed by atoms with Crippen molar-refractivity contribution in [2.75, 3.05) is 25.0 Å². The van der Waals surface area contributed by atoms with E-state index in [0.717, 1.165) is 29.5 Å². The van der Waals surface area contributed by atoms with Gasteiger partial charge in [-0.2, -0.15) is 18.3 Å².